The fraction of sp³-hybridized carbons (Fsp3) is 0.188. The summed E-state index contributed by atoms with van der Waals surface area (Å²) in [7, 11) is 0. The summed E-state index contributed by atoms with van der Waals surface area (Å²) >= 11 is 0. The van der Waals surface area contributed by atoms with Crippen molar-refractivity contribution in [3.05, 3.63) is 42.2 Å². The fourth-order valence-corrected chi connectivity index (χ4v) is 2.43. The van der Waals surface area contributed by atoms with E-state index in [4.69, 9.17) is 11.0 Å². The number of nitrogen functional groups attached to an aromatic ring is 1. The second kappa shape index (κ2) is 4.74. The Bertz CT molecular complexity index is 901. The molecule has 1 aliphatic rings. The normalized spacial score (nSPS) is 14.0. The third-order valence-electron chi connectivity index (χ3n) is 3.76. The van der Waals surface area contributed by atoms with Crippen molar-refractivity contribution < 1.29 is 0 Å². The Morgan fingerprint density at radius 2 is 2.14 bits per heavy atom. The number of anilines is 2. The van der Waals surface area contributed by atoms with Gasteiger partial charge in [-0.15, -0.1) is 0 Å². The summed E-state index contributed by atoms with van der Waals surface area (Å²) in [5.41, 5.74) is 10.6. The van der Waals surface area contributed by atoms with Crippen molar-refractivity contribution in [2.75, 3.05) is 11.1 Å². The van der Waals surface area contributed by atoms with Crippen LogP contribution in [0.3, 0.4) is 0 Å². The van der Waals surface area contributed by atoms with Crippen LogP contribution >= 0.6 is 0 Å². The van der Waals surface area contributed by atoms with Crippen LogP contribution in [0.25, 0.3) is 16.9 Å². The van der Waals surface area contributed by atoms with Gasteiger partial charge in [-0.25, -0.2) is 4.52 Å². The van der Waals surface area contributed by atoms with Gasteiger partial charge in [0.25, 0.3) is 0 Å². The van der Waals surface area contributed by atoms with Crippen molar-refractivity contribution in [1.29, 1.82) is 5.26 Å². The van der Waals surface area contributed by atoms with Crippen LogP contribution in [0.2, 0.25) is 0 Å². The smallest absolute Gasteiger partial charge is 0.101 e. The lowest BCUT2D eigenvalue weighted by molar-refractivity contribution is 0.939. The van der Waals surface area contributed by atoms with Crippen molar-refractivity contribution in [1.82, 2.24) is 14.6 Å². The Morgan fingerprint density at radius 3 is 2.91 bits per heavy atom. The number of pyridine rings is 1. The van der Waals surface area contributed by atoms with Gasteiger partial charge in [-0.2, -0.15) is 10.4 Å². The molecular weight excluding hydrogens is 276 g/mol. The molecule has 22 heavy (non-hydrogen) atoms. The second-order valence-electron chi connectivity index (χ2n) is 5.49. The van der Waals surface area contributed by atoms with Crippen molar-refractivity contribution in [3.63, 3.8) is 0 Å². The van der Waals surface area contributed by atoms with Crippen LogP contribution in [0, 0.1) is 11.3 Å². The van der Waals surface area contributed by atoms with Crippen LogP contribution in [0.4, 0.5) is 11.4 Å². The highest BCUT2D eigenvalue weighted by Crippen LogP contribution is 2.30. The average molecular weight is 290 g/mol. The Hall–Kier alpha value is -3.07. The molecule has 0 aromatic carbocycles. The molecule has 3 heterocycles. The number of hydrogen-bond acceptors (Lipinski definition) is 5. The molecule has 0 radical (unpaired) electrons. The summed E-state index contributed by atoms with van der Waals surface area (Å²) in [5.74, 6) is 0. The van der Waals surface area contributed by atoms with Gasteiger partial charge in [-0.1, -0.05) is 0 Å². The quantitative estimate of drug-likeness (QED) is 0.773. The molecule has 0 aliphatic heterocycles. The molecule has 4 rings (SSSR count). The first-order chi connectivity index (χ1) is 10.7. The molecule has 1 fully saturated rings. The highest BCUT2D eigenvalue weighted by atomic mass is 15.2. The van der Waals surface area contributed by atoms with E-state index in [9.17, 15) is 0 Å². The van der Waals surface area contributed by atoms with Crippen molar-refractivity contribution in [2.24, 2.45) is 0 Å². The van der Waals surface area contributed by atoms with Gasteiger partial charge in [-0.05, 0) is 37.1 Å². The number of hydrogen-bond donors (Lipinski definition) is 2. The summed E-state index contributed by atoms with van der Waals surface area (Å²) in [6.07, 6.45) is 5.59. The summed E-state index contributed by atoms with van der Waals surface area (Å²) in [5, 5.41) is 16.7. The van der Waals surface area contributed by atoms with E-state index < -0.39 is 0 Å². The highest BCUT2D eigenvalue weighted by molar-refractivity contribution is 5.74. The summed E-state index contributed by atoms with van der Waals surface area (Å²) in [6, 6.07) is 10.3. The predicted octanol–water partition coefficient (Wildman–Crippen LogP) is 2.42. The molecule has 0 amide bonds. The standard InChI is InChI=1S/C16H14N6/c17-7-10-5-12-3-4-16(22(12)20-8-10)15-6-14(13(18)9-19-15)21-11-1-2-11/h3-6,8-9,11H,1-2,18H2,(H,19,21). The molecular formula is C16H14N6. The van der Waals surface area contributed by atoms with E-state index in [2.05, 4.69) is 21.5 Å². The minimum absolute atomic E-state index is 0.526. The first kappa shape index (κ1) is 12.7. The molecule has 0 spiro atoms. The fourth-order valence-electron chi connectivity index (χ4n) is 2.43. The number of aromatic nitrogens is 3. The van der Waals surface area contributed by atoms with E-state index in [0.29, 0.717) is 17.3 Å². The first-order valence-corrected chi connectivity index (χ1v) is 7.15. The SMILES string of the molecule is N#Cc1cnn2c(-c3cc(NC4CC4)c(N)cn3)ccc2c1. The van der Waals surface area contributed by atoms with Gasteiger partial charge >= 0.3 is 0 Å². The third kappa shape index (κ3) is 2.13. The van der Waals surface area contributed by atoms with E-state index in [-0.39, 0.29) is 0 Å². The Morgan fingerprint density at radius 1 is 1.27 bits per heavy atom. The number of rotatable bonds is 3. The minimum Gasteiger partial charge on any atom is -0.396 e. The maximum absolute atomic E-state index is 8.94. The zero-order valence-electron chi connectivity index (χ0n) is 11.8. The van der Waals surface area contributed by atoms with Crippen molar-refractivity contribution in [2.45, 2.75) is 18.9 Å². The lowest BCUT2D eigenvalue weighted by atomic mass is 10.2. The monoisotopic (exact) mass is 290 g/mol. The van der Waals surface area contributed by atoms with Gasteiger partial charge in [0, 0.05) is 6.04 Å². The molecule has 3 N–H and O–H groups in total. The average Bonchev–Trinajstić information content (AvgIpc) is 3.25. The molecule has 1 aliphatic carbocycles. The second-order valence-corrected chi connectivity index (χ2v) is 5.49. The van der Waals surface area contributed by atoms with E-state index >= 15 is 0 Å². The van der Waals surface area contributed by atoms with Crippen LogP contribution in [0.15, 0.2) is 36.7 Å². The van der Waals surface area contributed by atoms with Gasteiger partial charge < -0.3 is 11.1 Å². The predicted molar refractivity (Wildman–Crippen MR) is 84.2 cm³/mol. The van der Waals surface area contributed by atoms with Gasteiger partial charge in [0.15, 0.2) is 0 Å². The lowest BCUT2D eigenvalue weighted by Gasteiger charge is -2.10. The van der Waals surface area contributed by atoms with Crippen LogP contribution in [0.1, 0.15) is 18.4 Å². The van der Waals surface area contributed by atoms with E-state index in [0.717, 1.165) is 22.6 Å². The largest absolute Gasteiger partial charge is 0.396 e. The first-order valence-electron chi connectivity index (χ1n) is 7.15. The maximum atomic E-state index is 8.94. The van der Waals surface area contributed by atoms with Crippen LogP contribution < -0.4 is 11.1 Å². The molecule has 6 nitrogen and oxygen atoms in total. The van der Waals surface area contributed by atoms with Crippen LogP contribution in [-0.4, -0.2) is 20.6 Å². The van der Waals surface area contributed by atoms with Crippen LogP contribution in [0.5, 0.6) is 0 Å². The molecule has 0 saturated heterocycles. The Labute approximate surface area is 127 Å². The third-order valence-corrected chi connectivity index (χ3v) is 3.76. The van der Waals surface area contributed by atoms with E-state index in [1.165, 1.54) is 12.8 Å². The maximum Gasteiger partial charge on any atom is 0.101 e. The zero-order chi connectivity index (χ0) is 15.1. The number of nitriles is 1. The number of nitrogens with zero attached hydrogens (tertiary/aromatic N) is 4. The highest BCUT2D eigenvalue weighted by Gasteiger charge is 2.22. The van der Waals surface area contributed by atoms with Gasteiger partial charge in [0.2, 0.25) is 0 Å². The molecule has 108 valence electrons. The zero-order valence-corrected chi connectivity index (χ0v) is 11.8. The van der Waals surface area contributed by atoms with E-state index in [1.54, 1.807) is 23.0 Å². The number of nitrogens with two attached hydrogens (primary N) is 1. The molecule has 0 atom stereocenters. The molecule has 3 aromatic heterocycles. The topological polar surface area (TPSA) is 92.0 Å². The summed E-state index contributed by atoms with van der Waals surface area (Å²) in [6.45, 7) is 0. The minimum atomic E-state index is 0.526. The molecule has 6 heteroatoms. The molecule has 3 aromatic rings. The van der Waals surface area contributed by atoms with E-state index in [1.807, 2.05) is 18.2 Å². The number of nitrogens with one attached hydrogen (secondary N) is 1. The molecule has 0 unspecified atom stereocenters. The molecule has 1 saturated carbocycles. The van der Waals surface area contributed by atoms with Gasteiger partial charge in [0.05, 0.1) is 46.2 Å². The lowest BCUT2D eigenvalue weighted by Crippen LogP contribution is -2.05. The van der Waals surface area contributed by atoms with Gasteiger partial charge in [0.1, 0.15) is 6.07 Å². The Balaban J connectivity index is 1.79. The molecule has 0 bridgehead atoms. The Kier molecular flexibility index (Phi) is 2.73. The summed E-state index contributed by atoms with van der Waals surface area (Å²) < 4.78 is 1.78. The van der Waals surface area contributed by atoms with Gasteiger partial charge in [-0.3, -0.25) is 4.98 Å². The summed E-state index contributed by atoms with van der Waals surface area (Å²) in [4.78, 5) is 4.41. The number of fused-ring (bicyclic) bond motifs is 1. The van der Waals surface area contributed by atoms with Crippen molar-refractivity contribution >= 4 is 16.9 Å². The van der Waals surface area contributed by atoms with Crippen LogP contribution in [-0.2, 0) is 0 Å². The van der Waals surface area contributed by atoms with Crippen molar-refractivity contribution in [3.8, 4) is 17.5 Å².